The van der Waals surface area contributed by atoms with Gasteiger partial charge >= 0.3 is 0 Å². The lowest BCUT2D eigenvalue weighted by Gasteiger charge is -2.11. The number of nitrogens with one attached hydrogen (secondary N) is 1. The molecule has 100 valence electrons. The van der Waals surface area contributed by atoms with Gasteiger partial charge in [-0.2, -0.15) is 0 Å². The predicted molar refractivity (Wildman–Crippen MR) is 78.8 cm³/mol. The molecule has 0 radical (unpaired) electrons. The first-order chi connectivity index (χ1) is 9.36. The standard InChI is InChI=1S/C14H17N3OS/c1-15-14-16-12-7-3-2-6-11(12)13(17-14)19-9-10-5-4-8-18-10/h2-3,6-7,10H,4-5,8-9H2,1H3,(H,15,16,17). The Labute approximate surface area is 117 Å². The molecule has 1 atom stereocenters. The Bertz CT molecular complexity index is 570. The summed E-state index contributed by atoms with van der Waals surface area (Å²) in [5.41, 5.74) is 0.983. The number of thioether (sulfide) groups is 1. The molecule has 3 rings (SSSR count). The van der Waals surface area contributed by atoms with Gasteiger partial charge in [0.05, 0.1) is 11.6 Å². The minimum atomic E-state index is 0.372. The van der Waals surface area contributed by atoms with Gasteiger partial charge < -0.3 is 10.1 Å². The van der Waals surface area contributed by atoms with Crippen LogP contribution < -0.4 is 5.32 Å². The fraction of sp³-hybridized carbons (Fsp3) is 0.429. The maximum absolute atomic E-state index is 5.66. The SMILES string of the molecule is CNc1nc(SCC2CCCO2)c2ccccc2n1. The van der Waals surface area contributed by atoms with Crippen molar-refractivity contribution in [2.24, 2.45) is 0 Å². The van der Waals surface area contributed by atoms with E-state index in [9.17, 15) is 0 Å². The number of hydrogen-bond acceptors (Lipinski definition) is 5. The lowest BCUT2D eigenvalue weighted by molar-refractivity contribution is 0.129. The lowest BCUT2D eigenvalue weighted by atomic mass is 10.2. The second-order valence-electron chi connectivity index (χ2n) is 4.57. The molecule has 1 fully saturated rings. The van der Waals surface area contributed by atoms with Crippen molar-refractivity contribution in [2.45, 2.75) is 24.0 Å². The Balaban J connectivity index is 1.87. The van der Waals surface area contributed by atoms with Crippen LogP contribution >= 0.6 is 11.8 Å². The average Bonchev–Trinajstić information content (AvgIpc) is 2.97. The number of nitrogens with zero attached hydrogens (tertiary/aromatic N) is 2. The summed E-state index contributed by atoms with van der Waals surface area (Å²) in [5.74, 6) is 1.64. The van der Waals surface area contributed by atoms with Crippen molar-refractivity contribution in [1.82, 2.24) is 9.97 Å². The van der Waals surface area contributed by atoms with E-state index in [1.54, 1.807) is 11.8 Å². The first kappa shape index (κ1) is 12.7. The van der Waals surface area contributed by atoms with Crippen molar-refractivity contribution in [3.8, 4) is 0 Å². The van der Waals surface area contributed by atoms with Crippen molar-refractivity contribution in [2.75, 3.05) is 24.7 Å². The number of anilines is 1. The lowest BCUT2D eigenvalue weighted by Crippen LogP contribution is -2.08. The quantitative estimate of drug-likeness (QED) is 0.686. The molecule has 1 aromatic heterocycles. The summed E-state index contributed by atoms with van der Waals surface area (Å²) < 4.78 is 5.66. The normalized spacial score (nSPS) is 18.9. The van der Waals surface area contributed by atoms with Gasteiger partial charge in [0.15, 0.2) is 0 Å². The van der Waals surface area contributed by atoms with Crippen LogP contribution in [0.25, 0.3) is 10.9 Å². The van der Waals surface area contributed by atoms with E-state index >= 15 is 0 Å². The van der Waals surface area contributed by atoms with E-state index in [1.807, 2.05) is 25.2 Å². The second kappa shape index (κ2) is 5.75. The zero-order valence-corrected chi connectivity index (χ0v) is 11.7. The highest BCUT2D eigenvalue weighted by Gasteiger charge is 2.17. The molecule has 0 saturated carbocycles. The Kier molecular flexibility index (Phi) is 3.84. The molecule has 1 aromatic carbocycles. The maximum atomic E-state index is 5.66. The van der Waals surface area contributed by atoms with Gasteiger partial charge in [0.25, 0.3) is 0 Å². The fourth-order valence-electron chi connectivity index (χ4n) is 2.22. The largest absolute Gasteiger partial charge is 0.377 e. The van der Waals surface area contributed by atoms with Crippen molar-refractivity contribution in [3.05, 3.63) is 24.3 Å². The number of rotatable bonds is 4. The molecule has 4 nitrogen and oxygen atoms in total. The molecule has 2 aromatic rings. The van der Waals surface area contributed by atoms with Crippen molar-refractivity contribution < 1.29 is 4.74 Å². The summed E-state index contributed by atoms with van der Waals surface area (Å²) in [5, 5.41) is 5.17. The van der Waals surface area contributed by atoms with Gasteiger partial charge in [0.1, 0.15) is 5.03 Å². The Morgan fingerprint density at radius 3 is 3.05 bits per heavy atom. The zero-order valence-electron chi connectivity index (χ0n) is 10.9. The third-order valence-corrected chi connectivity index (χ3v) is 4.34. The van der Waals surface area contributed by atoms with Gasteiger partial charge in [-0.25, -0.2) is 9.97 Å². The van der Waals surface area contributed by atoms with Crippen LogP contribution in [0.5, 0.6) is 0 Å². The van der Waals surface area contributed by atoms with Gasteiger partial charge in [-0.05, 0) is 18.9 Å². The number of para-hydroxylation sites is 1. The van der Waals surface area contributed by atoms with Crippen LogP contribution in [-0.2, 0) is 4.74 Å². The van der Waals surface area contributed by atoms with E-state index in [4.69, 9.17) is 4.74 Å². The van der Waals surface area contributed by atoms with Crippen molar-refractivity contribution >= 4 is 28.6 Å². The maximum Gasteiger partial charge on any atom is 0.224 e. The molecular weight excluding hydrogens is 258 g/mol. The molecule has 0 spiro atoms. The number of benzene rings is 1. The van der Waals surface area contributed by atoms with Crippen LogP contribution in [0.3, 0.4) is 0 Å². The minimum absolute atomic E-state index is 0.372. The highest BCUT2D eigenvalue weighted by Crippen LogP contribution is 2.28. The summed E-state index contributed by atoms with van der Waals surface area (Å²) in [6, 6.07) is 8.13. The third-order valence-electron chi connectivity index (χ3n) is 3.22. The van der Waals surface area contributed by atoms with E-state index in [-0.39, 0.29) is 0 Å². The third kappa shape index (κ3) is 2.82. The first-order valence-electron chi connectivity index (χ1n) is 6.56. The first-order valence-corrected chi connectivity index (χ1v) is 7.54. The van der Waals surface area contributed by atoms with E-state index in [1.165, 1.54) is 6.42 Å². The van der Waals surface area contributed by atoms with Gasteiger partial charge in [-0.3, -0.25) is 0 Å². The van der Waals surface area contributed by atoms with Gasteiger partial charge in [0, 0.05) is 24.8 Å². The zero-order chi connectivity index (χ0) is 13.1. The molecular formula is C14H17N3OS. The van der Waals surface area contributed by atoms with Crippen LogP contribution in [0.4, 0.5) is 5.95 Å². The van der Waals surface area contributed by atoms with E-state index < -0.39 is 0 Å². The average molecular weight is 275 g/mol. The number of ether oxygens (including phenoxy) is 1. The predicted octanol–water partition coefficient (Wildman–Crippen LogP) is 2.94. The molecule has 1 aliphatic rings. The monoisotopic (exact) mass is 275 g/mol. The molecule has 0 amide bonds. The molecule has 0 bridgehead atoms. The van der Waals surface area contributed by atoms with Crippen molar-refractivity contribution in [1.29, 1.82) is 0 Å². The topological polar surface area (TPSA) is 47.0 Å². The summed E-state index contributed by atoms with van der Waals surface area (Å²) in [7, 11) is 1.85. The molecule has 0 aliphatic carbocycles. The van der Waals surface area contributed by atoms with Gasteiger partial charge in [-0.1, -0.05) is 18.2 Å². The summed E-state index contributed by atoms with van der Waals surface area (Å²) in [4.78, 5) is 9.03. The van der Waals surface area contributed by atoms with Crippen LogP contribution in [-0.4, -0.2) is 35.5 Å². The smallest absolute Gasteiger partial charge is 0.224 e. The van der Waals surface area contributed by atoms with Crippen LogP contribution in [0, 0.1) is 0 Å². The van der Waals surface area contributed by atoms with Crippen LogP contribution in [0.15, 0.2) is 29.3 Å². The molecule has 2 heterocycles. The summed E-state index contributed by atoms with van der Waals surface area (Å²) in [6.45, 7) is 0.900. The second-order valence-corrected chi connectivity index (χ2v) is 5.57. The molecule has 5 heteroatoms. The molecule has 1 aliphatic heterocycles. The Hall–Kier alpha value is -1.33. The summed E-state index contributed by atoms with van der Waals surface area (Å²) in [6.07, 6.45) is 2.71. The molecule has 19 heavy (non-hydrogen) atoms. The number of fused-ring (bicyclic) bond motifs is 1. The van der Waals surface area contributed by atoms with Gasteiger partial charge in [-0.15, -0.1) is 11.8 Å². The highest BCUT2D eigenvalue weighted by molar-refractivity contribution is 7.99. The minimum Gasteiger partial charge on any atom is -0.377 e. The van der Waals surface area contributed by atoms with E-state index in [0.717, 1.165) is 34.7 Å². The molecule has 1 saturated heterocycles. The Morgan fingerprint density at radius 2 is 2.26 bits per heavy atom. The Morgan fingerprint density at radius 1 is 1.37 bits per heavy atom. The molecule has 1 N–H and O–H groups in total. The van der Waals surface area contributed by atoms with Gasteiger partial charge in [0.2, 0.25) is 5.95 Å². The van der Waals surface area contributed by atoms with Crippen LogP contribution in [0.1, 0.15) is 12.8 Å². The van der Waals surface area contributed by atoms with Crippen molar-refractivity contribution in [3.63, 3.8) is 0 Å². The fourth-order valence-corrected chi connectivity index (χ4v) is 3.30. The number of hydrogen-bond donors (Lipinski definition) is 1. The number of aromatic nitrogens is 2. The molecule has 1 unspecified atom stereocenters. The highest BCUT2D eigenvalue weighted by atomic mass is 32.2. The van der Waals surface area contributed by atoms with Crippen LogP contribution in [0.2, 0.25) is 0 Å². The van der Waals surface area contributed by atoms with E-state index in [2.05, 4.69) is 21.4 Å². The summed E-state index contributed by atoms with van der Waals surface area (Å²) >= 11 is 1.76. The van der Waals surface area contributed by atoms with E-state index in [0.29, 0.717) is 12.1 Å².